The summed E-state index contributed by atoms with van der Waals surface area (Å²) in [5.74, 6) is 2.53. The molecule has 0 bridgehead atoms. The van der Waals surface area contributed by atoms with Gasteiger partial charge in [-0.1, -0.05) is 121 Å². The Balaban J connectivity index is 1.02. The molecule has 7 aromatic carbocycles. The quantitative estimate of drug-likeness (QED) is 0.169. The summed E-state index contributed by atoms with van der Waals surface area (Å²) in [6.45, 7) is 0. The van der Waals surface area contributed by atoms with Crippen LogP contribution in [-0.2, 0) is 0 Å². The third kappa shape index (κ3) is 5.70. The molecule has 0 N–H and O–H groups in total. The maximum atomic E-state index is 6.12. The van der Waals surface area contributed by atoms with Gasteiger partial charge in [0, 0.05) is 64.3 Å². The van der Waals surface area contributed by atoms with Crippen molar-refractivity contribution in [3.63, 3.8) is 0 Å². The van der Waals surface area contributed by atoms with Crippen LogP contribution in [0.4, 0.5) is 0 Å². The Morgan fingerprint density at radius 1 is 0.304 bits per heavy atom. The van der Waals surface area contributed by atoms with Gasteiger partial charge in [0.2, 0.25) is 0 Å². The Bertz CT molecular complexity index is 3190. The van der Waals surface area contributed by atoms with E-state index < -0.39 is 0 Å². The molecule has 0 fully saturated rings. The summed E-state index contributed by atoms with van der Waals surface area (Å²) in [6, 6.07) is 60.0. The van der Waals surface area contributed by atoms with Gasteiger partial charge in [-0.05, 0) is 54.6 Å². The minimum absolute atomic E-state index is 0.606. The highest BCUT2D eigenvalue weighted by Crippen LogP contribution is 2.39. The maximum absolute atomic E-state index is 6.12. The zero-order valence-corrected chi connectivity index (χ0v) is 30.6. The van der Waals surface area contributed by atoms with E-state index in [0.717, 1.165) is 82.2 Å². The van der Waals surface area contributed by atoms with Crippen LogP contribution in [0.3, 0.4) is 0 Å². The predicted molar refractivity (Wildman–Crippen MR) is 228 cm³/mol. The van der Waals surface area contributed by atoms with Crippen molar-refractivity contribution in [2.24, 2.45) is 0 Å². The van der Waals surface area contributed by atoms with Crippen LogP contribution >= 0.6 is 11.3 Å². The largest absolute Gasteiger partial charge is 0.456 e. The first kappa shape index (κ1) is 32.1. The smallest absolute Gasteiger partial charge is 0.164 e. The average molecular weight is 736 g/mol. The Labute approximate surface area is 325 Å². The lowest BCUT2D eigenvalue weighted by Gasteiger charge is -2.09. The number of fused-ring (bicyclic) bond motifs is 6. The summed E-state index contributed by atoms with van der Waals surface area (Å²) in [6.07, 6.45) is 0. The van der Waals surface area contributed by atoms with Gasteiger partial charge in [0.1, 0.15) is 11.2 Å². The normalized spacial score (nSPS) is 11.6. The molecule has 11 rings (SSSR count). The van der Waals surface area contributed by atoms with Crippen LogP contribution in [0, 0.1) is 0 Å². The number of aromatic nitrogens is 5. The molecule has 0 aliphatic rings. The molecule has 0 atom stereocenters. The zero-order valence-electron chi connectivity index (χ0n) is 29.8. The van der Waals surface area contributed by atoms with Crippen molar-refractivity contribution in [3.05, 3.63) is 176 Å². The van der Waals surface area contributed by atoms with Crippen molar-refractivity contribution in [1.82, 2.24) is 24.9 Å². The van der Waals surface area contributed by atoms with Crippen LogP contribution in [0.15, 0.2) is 180 Å². The third-order valence-corrected chi connectivity index (χ3v) is 11.3. The minimum atomic E-state index is 0.606. The van der Waals surface area contributed by atoms with E-state index in [9.17, 15) is 0 Å². The number of benzene rings is 7. The van der Waals surface area contributed by atoms with Crippen LogP contribution in [0.2, 0.25) is 0 Å². The van der Waals surface area contributed by atoms with Crippen molar-refractivity contribution < 1.29 is 4.42 Å². The van der Waals surface area contributed by atoms with Crippen LogP contribution in [0.5, 0.6) is 0 Å². The SMILES string of the molecule is c1ccc(-c2cc(-c3ccccc3)nc(-c3ccc4sc5cc(-c6nc(-c7ccccc7)nc(-c7ccc8oc9ccccc9c8c7)n6)ccc5c4c3)n2)cc1. The number of furan rings is 1. The number of nitrogens with zero attached hydrogens (tertiary/aromatic N) is 5. The Morgan fingerprint density at radius 2 is 0.804 bits per heavy atom. The molecule has 0 radical (unpaired) electrons. The first-order chi connectivity index (χ1) is 27.7. The second-order valence-electron chi connectivity index (χ2n) is 13.7. The first-order valence-electron chi connectivity index (χ1n) is 18.4. The molecule has 11 aromatic rings. The fourth-order valence-corrected chi connectivity index (χ4v) is 8.49. The summed E-state index contributed by atoms with van der Waals surface area (Å²) >= 11 is 1.76. The second-order valence-corrected chi connectivity index (χ2v) is 14.8. The summed E-state index contributed by atoms with van der Waals surface area (Å²) < 4.78 is 8.45. The van der Waals surface area contributed by atoms with Gasteiger partial charge >= 0.3 is 0 Å². The average Bonchev–Trinajstić information content (AvgIpc) is 3.84. The van der Waals surface area contributed by atoms with E-state index in [4.69, 9.17) is 29.3 Å². The van der Waals surface area contributed by atoms with Gasteiger partial charge in [-0.2, -0.15) is 0 Å². The molecule has 0 amide bonds. The molecule has 0 aliphatic heterocycles. The van der Waals surface area contributed by atoms with Gasteiger partial charge in [0.25, 0.3) is 0 Å². The van der Waals surface area contributed by atoms with Gasteiger partial charge in [-0.3, -0.25) is 0 Å². The first-order valence-corrected chi connectivity index (χ1v) is 19.2. The lowest BCUT2D eigenvalue weighted by molar-refractivity contribution is 0.669. The van der Waals surface area contributed by atoms with Crippen molar-refractivity contribution in [3.8, 4) is 68.1 Å². The fourth-order valence-electron chi connectivity index (χ4n) is 7.36. The van der Waals surface area contributed by atoms with E-state index in [1.165, 1.54) is 4.70 Å². The molecular formula is C49H29N5OS. The summed E-state index contributed by atoms with van der Waals surface area (Å²) in [7, 11) is 0. The fraction of sp³-hybridized carbons (Fsp3) is 0. The molecule has 0 aliphatic carbocycles. The van der Waals surface area contributed by atoms with Gasteiger partial charge in [-0.25, -0.2) is 24.9 Å². The van der Waals surface area contributed by atoms with Crippen molar-refractivity contribution >= 4 is 53.4 Å². The number of hydrogen-bond acceptors (Lipinski definition) is 7. The Morgan fingerprint density at radius 3 is 1.48 bits per heavy atom. The lowest BCUT2D eigenvalue weighted by Crippen LogP contribution is -2.00. The van der Waals surface area contributed by atoms with E-state index in [1.54, 1.807) is 11.3 Å². The molecule has 4 aromatic heterocycles. The summed E-state index contributed by atoms with van der Waals surface area (Å²) in [5, 5.41) is 4.41. The molecule has 4 heterocycles. The van der Waals surface area contributed by atoms with E-state index in [2.05, 4.69) is 78.9 Å². The molecule has 6 nitrogen and oxygen atoms in total. The summed E-state index contributed by atoms with van der Waals surface area (Å²) in [4.78, 5) is 25.3. The van der Waals surface area contributed by atoms with Crippen molar-refractivity contribution in [2.75, 3.05) is 0 Å². The lowest BCUT2D eigenvalue weighted by atomic mass is 10.0. The number of thiophene rings is 1. The Kier molecular flexibility index (Phi) is 7.57. The maximum Gasteiger partial charge on any atom is 0.164 e. The molecule has 56 heavy (non-hydrogen) atoms. The van der Waals surface area contributed by atoms with E-state index >= 15 is 0 Å². The van der Waals surface area contributed by atoms with E-state index in [1.807, 2.05) is 97.1 Å². The minimum Gasteiger partial charge on any atom is -0.456 e. The zero-order chi connectivity index (χ0) is 37.0. The van der Waals surface area contributed by atoms with Gasteiger partial charge in [-0.15, -0.1) is 11.3 Å². The molecule has 0 saturated heterocycles. The number of hydrogen-bond donors (Lipinski definition) is 0. The van der Waals surface area contributed by atoms with Crippen LogP contribution in [0.1, 0.15) is 0 Å². The van der Waals surface area contributed by atoms with Crippen LogP contribution < -0.4 is 0 Å². The molecule has 0 unspecified atom stereocenters. The predicted octanol–water partition coefficient (Wildman–Crippen LogP) is 12.9. The van der Waals surface area contributed by atoms with Crippen LogP contribution in [0.25, 0.3) is 110 Å². The topological polar surface area (TPSA) is 77.6 Å². The standard InChI is InChI=1S/C49H29N5OS/c1-4-12-30(13-5-1)40-29-41(31-14-6-2-7-15-31)51-47(50-40)34-22-25-44-39(27-34)37-23-20-35(28-45(37)56-44)49-53-46(32-16-8-3-9-17-32)52-48(54-49)33-21-24-43-38(26-33)36-18-10-11-19-42(36)55-43/h1-29H. The molecule has 262 valence electrons. The van der Waals surface area contributed by atoms with Gasteiger partial charge in [0.15, 0.2) is 23.3 Å². The second kappa shape index (κ2) is 13.2. The highest BCUT2D eigenvalue weighted by Gasteiger charge is 2.17. The van der Waals surface area contributed by atoms with Crippen LogP contribution in [-0.4, -0.2) is 24.9 Å². The van der Waals surface area contributed by atoms with E-state index in [0.29, 0.717) is 23.3 Å². The van der Waals surface area contributed by atoms with Gasteiger partial charge < -0.3 is 4.42 Å². The number of para-hydroxylation sites is 1. The highest BCUT2D eigenvalue weighted by atomic mass is 32.1. The Hall–Kier alpha value is -7.35. The molecule has 0 spiro atoms. The van der Waals surface area contributed by atoms with Crippen molar-refractivity contribution in [1.29, 1.82) is 0 Å². The summed E-state index contributed by atoms with van der Waals surface area (Å²) in [5.41, 5.74) is 9.28. The van der Waals surface area contributed by atoms with Gasteiger partial charge in [0.05, 0.1) is 11.4 Å². The van der Waals surface area contributed by atoms with E-state index in [-0.39, 0.29) is 0 Å². The molecule has 0 saturated carbocycles. The van der Waals surface area contributed by atoms with Crippen molar-refractivity contribution in [2.45, 2.75) is 0 Å². The molecular weight excluding hydrogens is 707 g/mol. The highest BCUT2D eigenvalue weighted by molar-refractivity contribution is 7.25. The monoisotopic (exact) mass is 735 g/mol. The third-order valence-electron chi connectivity index (χ3n) is 10.2. The number of rotatable bonds is 6. The molecule has 7 heteroatoms.